The fourth-order valence-corrected chi connectivity index (χ4v) is 3.37. The Bertz CT molecular complexity index is 903. The average Bonchev–Trinajstić information content (AvgIpc) is 2.70. The number of thiocarbonyl (C=S) groups is 1. The maximum absolute atomic E-state index is 13.4. The topological polar surface area (TPSA) is 15.3 Å². The number of benzene rings is 3. The predicted molar refractivity (Wildman–Crippen MR) is 114 cm³/mol. The Morgan fingerprint density at radius 2 is 1.67 bits per heavy atom. The summed E-state index contributed by atoms with van der Waals surface area (Å²) in [5.74, 6) is -0.452. The molecule has 27 heavy (non-hydrogen) atoms. The highest BCUT2D eigenvalue weighted by Crippen LogP contribution is 2.25. The molecule has 0 fully saturated rings. The molecule has 0 saturated carbocycles. The van der Waals surface area contributed by atoms with E-state index in [1.807, 2.05) is 36.4 Å². The van der Waals surface area contributed by atoms with Crippen LogP contribution in [-0.4, -0.2) is 10.0 Å². The van der Waals surface area contributed by atoms with Crippen molar-refractivity contribution in [1.29, 1.82) is 0 Å². The summed E-state index contributed by atoms with van der Waals surface area (Å²) in [4.78, 5) is 2.11. The van der Waals surface area contributed by atoms with Crippen LogP contribution in [0.2, 0.25) is 5.02 Å². The fraction of sp³-hybridized carbons (Fsp3) is 0.136. The first-order chi connectivity index (χ1) is 13.0. The third-order valence-electron chi connectivity index (χ3n) is 4.38. The van der Waals surface area contributed by atoms with Gasteiger partial charge in [0.2, 0.25) is 0 Å². The number of nitrogens with one attached hydrogen (secondary N) is 1. The Morgan fingerprint density at radius 3 is 2.30 bits per heavy atom. The molecule has 0 aromatic heterocycles. The van der Waals surface area contributed by atoms with E-state index in [1.165, 1.54) is 12.1 Å². The van der Waals surface area contributed by atoms with Crippen LogP contribution in [0.4, 0.5) is 10.1 Å². The van der Waals surface area contributed by atoms with Crippen molar-refractivity contribution in [2.75, 3.05) is 5.32 Å². The predicted octanol–water partition coefficient (Wildman–Crippen LogP) is 6.44. The van der Waals surface area contributed by atoms with Gasteiger partial charge in [0.1, 0.15) is 5.82 Å². The van der Waals surface area contributed by atoms with Crippen LogP contribution >= 0.6 is 23.8 Å². The van der Waals surface area contributed by atoms with E-state index in [4.69, 9.17) is 23.8 Å². The van der Waals surface area contributed by atoms with Crippen LogP contribution in [0.3, 0.4) is 0 Å². The number of nitrogens with zero attached hydrogens (tertiary/aromatic N) is 1. The van der Waals surface area contributed by atoms with E-state index in [9.17, 15) is 4.39 Å². The second kappa shape index (κ2) is 8.98. The quantitative estimate of drug-likeness (QED) is 0.498. The highest BCUT2D eigenvalue weighted by molar-refractivity contribution is 7.80. The van der Waals surface area contributed by atoms with Crippen molar-refractivity contribution < 1.29 is 4.39 Å². The highest BCUT2D eigenvalue weighted by atomic mass is 35.5. The minimum absolute atomic E-state index is 0.0577. The van der Waals surface area contributed by atoms with Gasteiger partial charge in [-0.05, 0) is 48.5 Å². The number of rotatable bonds is 5. The molecule has 0 amide bonds. The first-order valence-electron chi connectivity index (χ1n) is 8.66. The van der Waals surface area contributed by atoms with Gasteiger partial charge in [-0.2, -0.15) is 0 Å². The second-order valence-corrected chi connectivity index (χ2v) is 7.05. The number of hydrogen-bond acceptors (Lipinski definition) is 1. The summed E-state index contributed by atoms with van der Waals surface area (Å²) in [7, 11) is 0. The van der Waals surface area contributed by atoms with Gasteiger partial charge in [0.05, 0.1) is 11.1 Å². The van der Waals surface area contributed by atoms with Crippen molar-refractivity contribution in [2.45, 2.75) is 19.5 Å². The lowest BCUT2D eigenvalue weighted by atomic mass is 10.1. The van der Waals surface area contributed by atoms with E-state index in [0.29, 0.717) is 17.3 Å². The van der Waals surface area contributed by atoms with Crippen LogP contribution in [0.15, 0.2) is 78.9 Å². The van der Waals surface area contributed by atoms with E-state index in [1.54, 1.807) is 6.07 Å². The largest absolute Gasteiger partial charge is 0.338 e. The smallest absolute Gasteiger partial charge is 0.174 e. The summed E-state index contributed by atoms with van der Waals surface area (Å²) in [6, 6.07) is 24.9. The number of halogens is 2. The fourth-order valence-electron chi connectivity index (χ4n) is 2.85. The first-order valence-corrected chi connectivity index (χ1v) is 9.45. The molecule has 0 aliphatic carbocycles. The lowest BCUT2D eigenvalue weighted by Crippen LogP contribution is -2.36. The van der Waals surface area contributed by atoms with Gasteiger partial charge in [0.25, 0.3) is 0 Å². The molecule has 3 aromatic carbocycles. The summed E-state index contributed by atoms with van der Waals surface area (Å²) < 4.78 is 13.4. The van der Waals surface area contributed by atoms with Crippen LogP contribution in [0.1, 0.15) is 24.1 Å². The van der Waals surface area contributed by atoms with Gasteiger partial charge in [0, 0.05) is 12.2 Å². The van der Waals surface area contributed by atoms with Gasteiger partial charge in [-0.15, -0.1) is 0 Å². The molecular weight excluding hydrogens is 379 g/mol. The van der Waals surface area contributed by atoms with Gasteiger partial charge in [0.15, 0.2) is 5.11 Å². The van der Waals surface area contributed by atoms with Crippen LogP contribution in [-0.2, 0) is 6.54 Å². The lowest BCUT2D eigenvalue weighted by Gasteiger charge is -2.32. The molecule has 0 unspecified atom stereocenters. The van der Waals surface area contributed by atoms with Gasteiger partial charge in [-0.25, -0.2) is 4.39 Å². The third kappa shape index (κ3) is 5.06. The highest BCUT2D eigenvalue weighted by Gasteiger charge is 2.19. The zero-order valence-electron chi connectivity index (χ0n) is 14.9. The number of anilines is 1. The summed E-state index contributed by atoms with van der Waals surface area (Å²) in [6.45, 7) is 2.77. The summed E-state index contributed by atoms with van der Waals surface area (Å²) in [5, 5.41) is 3.80. The minimum atomic E-state index is -0.452. The molecule has 0 spiro atoms. The van der Waals surface area contributed by atoms with Gasteiger partial charge < -0.3 is 10.2 Å². The maximum Gasteiger partial charge on any atom is 0.174 e. The Kier molecular flexibility index (Phi) is 6.43. The standard InChI is InChI=1S/C22H20ClFN2S/c1-16(18-10-6-3-7-11-18)26(15-17-8-4-2-5-9-17)22(27)25-19-12-13-21(24)20(23)14-19/h2-14,16H,15H2,1H3,(H,25,27)/t16-/m1/s1. The molecule has 0 radical (unpaired) electrons. The van der Waals surface area contributed by atoms with Crippen molar-refractivity contribution in [3.05, 3.63) is 101 Å². The van der Waals surface area contributed by atoms with Crippen LogP contribution in [0.5, 0.6) is 0 Å². The molecule has 3 aromatic rings. The van der Waals surface area contributed by atoms with Crippen molar-refractivity contribution in [2.24, 2.45) is 0 Å². The minimum Gasteiger partial charge on any atom is -0.338 e. The van der Waals surface area contributed by atoms with E-state index < -0.39 is 5.82 Å². The van der Waals surface area contributed by atoms with E-state index in [-0.39, 0.29) is 11.1 Å². The van der Waals surface area contributed by atoms with E-state index in [0.717, 1.165) is 11.1 Å². The van der Waals surface area contributed by atoms with Gasteiger partial charge in [-0.3, -0.25) is 0 Å². The average molecular weight is 399 g/mol. The maximum atomic E-state index is 13.4. The zero-order valence-corrected chi connectivity index (χ0v) is 16.5. The Morgan fingerprint density at radius 1 is 1.04 bits per heavy atom. The Hall–Kier alpha value is -2.43. The molecular formula is C22H20ClFN2S. The molecule has 5 heteroatoms. The molecule has 0 bridgehead atoms. The summed E-state index contributed by atoms with van der Waals surface area (Å²) in [5.41, 5.74) is 2.97. The van der Waals surface area contributed by atoms with Crippen molar-refractivity contribution in [3.8, 4) is 0 Å². The van der Waals surface area contributed by atoms with Gasteiger partial charge in [-0.1, -0.05) is 72.3 Å². The second-order valence-electron chi connectivity index (χ2n) is 6.26. The van der Waals surface area contributed by atoms with E-state index in [2.05, 4.69) is 41.4 Å². The van der Waals surface area contributed by atoms with Crippen LogP contribution in [0.25, 0.3) is 0 Å². The molecule has 1 N–H and O–H groups in total. The first kappa shape index (κ1) is 19.3. The van der Waals surface area contributed by atoms with Gasteiger partial charge >= 0.3 is 0 Å². The Labute approximate surface area is 169 Å². The lowest BCUT2D eigenvalue weighted by molar-refractivity contribution is 0.334. The Balaban J connectivity index is 1.85. The number of hydrogen-bond donors (Lipinski definition) is 1. The molecule has 1 atom stereocenters. The van der Waals surface area contributed by atoms with Crippen molar-refractivity contribution >= 4 is 34.6 Å². The summed E-state index contributed by atoms with van der Waals surface area (Å²) in [6.07, 6.45) is 0. The monoisotopic (exact) mass is 398 g/mol. The molecule has 2 nitrogen and oxygen atoms in total. The molecule has 0 aliphatic rings. The molecule has 0 aliphatic heterocycles. The molecule has 3 rings (SSSR count). The zero-order chi connectivity index (χ0) is 19.2. The molecule has 0 saturated heterocycles. The van der Waals surface area contributed by atoms with Crippen LogP contribution in [0, 0.1) is 5.82 Å². The normalized spacial score (nSPS) is 11.7. The van der Waals surface area contributed by atoms with Crippen molar-refractivity contribution in [1.82, 2.24) is 4.90 Å². The van der Waals surface area contributed by atoms with E-state index >= 15 is 0 Å². The SMILES string of the molecule is C[C@H](c1ccccc1)N(Cc1ccccc1)C(=S)Nc1ccc(F)c(Cl)c1. The summed E-state index contributed by atoms with van der Waals surface area (Å²) >= 11 is 11.6. The van der Waals surface area contributed by atoms with Crippen LogP contribution < -0.4 is 5.32 Å². The van der Waals surface area contributed by atoms with Crippen molar-refractivity contribution in [3.63, 3.8) is 0 Å². The third-order valence-corrected chi connectivity index (χ3v) is 5.00. The molecule has 138 valence electrons. The molecule has 0 heterocycles.